The van der Waals surface area contributed by atoms with Crippen molar-refractivity contribution >= 4 is 33.9 Å². The number of carbonyl (C=O) groups excluding carboxylic acids is 2. The molecule has 2 aromatic heterocycles. The van der Waals surface area contributed by atoms with Crippen LogP contribution >= 0.6 is 11.3 Å². The molecule has 4 aromatic rings. The van der Waals surface area contributed by atoms with Crippen molar-refractivity contribution < 1.29 is 14.3 Å². The van der Waals surface area contributed by atoms with Gasteiger partial charge in [-0.1, -0.05) is 18.2 Å². The zero-order chi connectivity index (χ0) is 21.1. The maximum atomic E-state index is 12.3. The Morgan fingerprint density at radius 3 is 2.53 bits per heavy atom. The zero-order valence-electron chi connectivity index (χ0n) is 16.0. The number of nitrogens with zero attached hydrogens (tertiary/aromatic N) is 2. The van der Waals surface area contributed by atoms with Crippen molar-refractivity contribution in [2.45, 2.75) is 13.5 Å². The molecule has 1 amide bonds. The number of hydrogen-bond acceptors (Lipinski definition) is 6. The van der Waals surface area contributed by atoms with E-state index in [-0.39, 0.29) is 18.1 Å². The summed E-state index contributed by atoms with van der Waals surface area (Å²) in [5.74, 6) is -0.775. The van der Waals surface area contributed by atoms with Gasteiger partial charge in [-0.25, -0.2) is 9.78 Å². The maximum Gasteiger partial charge on any atom is 0.338 e. The molecule has 30 heavy (non-hydrogen) atoms. The van der Waals surface area contributed by atoms with Crippen LogP contribution in [0.4, 0.5) is 5.69 Å². The Balaban J connectivity index is 1.39. The number of benzene rings is 2. The van der Waals surface area contributed by atoms with Crippen LogP contribution in [0, 0.1) is 6.92 Å². The van der Waals surface area contributed by atoms with Crippen molar-refractivity contribution in [3.63, 3.8) is 0 Å². The van der Waals surface area contributed by atoms with Crippen molar-refractivity contribution in [1.29, 1.82) is 0 Å². The number of thiazole rings is 1. The zero-order valence-corrected chi connectivity index (χ0v) is 16.8. The number of aryl methyl sites for hydroxylation is 1. The number of rotatable bonds is 5. The largest absolute Gasteiger partial charge is 0.456 e. The van der Waals surface area contributed by atoms with Crippen LogP contribution in [0.2, 0.25) is 0 Å². The monoisotopic (exact) mass is 419 g/mol. The first-order valence-corrected chi connectivity index (χ1v) is 9.93. The minimum atomic E-state index is -0.541. The predicted molar refractivity (Wildman–Crippen MR) is 114 cm³/mol. The molecule has 0 saturated carbocycles. The van der Waals surface area contributed by atoms with Gasteiger partial charge in [-0.3, -0.25) is 14.0 Å². The van der Waals surface area contributed by atoms with E-state index >= 15 is 0 Å². The van der Waals surface area contributed by atoms with Crippen LogP contribution in [-0.4, -0.2) is 21.3 Å². The summed E-state index contributed by atoms with van der Waals surface area (Å²) in [6.07, 6.45) is 1.73. The Labute approximate surface area is 175 Å². The van der Waals surface area contributed by atoms with Crippen LogP contribution < -0.4 is 10.9 Å². The molecule has 0 aliphatic carbocycles. The van der Waals surface area contributed by atoms with Crippen LogP contribution in [0.5, 0.6) is 0 Å². The fourth-order valence-corrected chi connectivity index (χ4v) is 3.69. The van der Waals surface area contributed by atoms with Gasteiger partial charge in [0, 0.05) is 28.4 Å². The van der Waals surface area contributed by atoms with E-state index < -0.39 is 5.97 Å². The van der Waals surface area contributed by atoms with Crippen LogP contribution in [0.1, 0.15) is 31.3 Å². The summed E-state index contributed by atoms with van der Waals surface area (Å²) in [7, 11) is 0. The Morgan fingerprint density at radius 2 is 1.80 bits per heavy atom. The average Bonchev–Trinajstić information content (AvgIpc) is 3.14. The molecule has 8 heteroatoms. The number of anilines is 1. The average molecular weight is 419 g/mol. The Hall–Kier alpha value is -3.78. The van der Waals surface area contributed by atoms with Gasteiger partial charge < -0.3 is 10.1 Å². The van der Waals surface area contributed by atoms with E-state index in [0.29, 0.717) is 27.5 Å². The Morgan fingerprint density at radius 1 is 1.07 bits per heavy atom. The quantitative estimate of drug-likeness (QED) is 0.499. The molecular formula is C22H17N3O4S. The van der Waals surface area contributed by atoms with Crippen molar-refractivity contribution in [3.05, 3.63) is 98.9 Å². The highest BCUT2D eigenvalue weighted by Crippen LogP contribution is 2.15. The lowest BCUT2D eigenvalue weighted by atomic mass is 10.2. The highest BCUT2D eigenvalue weighted by Gasteiger charge is 2.11. The minimum Gasteiger partial charge on any atom is -0.456 e. The third kappa shape index (κ3) is 4.28. The van der Waals surface area contributed by atoms with Gasteiger partial charge in [0.25, 0.3) is 11.5 Å². The number of hydrogen-bond donors (Lipinski definition) is 1. The Kier molecular flexibility index (Phi) is 5.40. The topological polar surface area (TPSA) is 89.8 Å². The summed E-state index contributed by atoms with van der Waals surface area (Å²) >= 11 is 1.39. The molecule has 2 aromatic carbocycles. The molecule has 0 fully saturated rings. The first-order valence-electron chi connectivity index (χ1n) is 9.12. The molecule has 0 radical (unpaired) electrons. The summed E-state index contributed by atoms with van der Waals surface area (Å²) in [5, 5.41) is 2.77. The van der Waals surface area contributed by atoms with Crippen LogP contribution in [0.3, 0.4) is 0 Å². The molecule has 0 aliphatic rings. The summed E-state index contributed by atoms with van der Waals surface area (Å²) in [6.45, 7) is 1.79. The molecule has 0 atom stereocenters. The van der Waals surface area contributed by atoms with Gasteiger partial charge in [-0.2, -0.15) is 0 Å². The number of esters is 1. The fraction of sp³-hybridized carbons (Fsp3) is 0.0909. The number of ether oxygens (including phenoxy) is 1. The number of amides is 1. The smallest absolute Gasteiger partial charge is 0.338 e. The fourth-order valence-electron chi connectivity index (χ4n) is 2.84. The molecule has 0 aliphatic heterocycles. The Bertz CT molecular complexity index is 1280. The predicted octanol–water partition coefficient (Wildman–Crippen LogP) is 3.67. The van der Waals surface area contributed by atoms with E-state index in [4.69, 9.17) is 4.74 Å². The summed E-state index contributed by atoms with van der Waals surface area (Å²) in [5.41, 5.74) is 1.62. The van der Waals surface area contributed by atoms with Crippen molar-refractivity contribution in [2.75, 3.05) is 5.32 Å². The van der Waals surface area contributed by atoms with E-state index in [1.54, 1.807) is 54.7 Å². The molecule has 0 bridgehead atoms. The van der Waals surface area contributed by atoms with E-state index in [1.165, 1.54) is 21.8 Å². The lowest BCUT2D eigenvalue weighted by Crippen LogP contribution is -2.15. The summed E-state index contributed by atoms with van der Waals surface area (Å²) < 4.78 is 6.75. The van der Waals surface area contributed by atoms with Crippen molar-refractivity contribution in [1.82, 2.24) is 9.38 Å². The van der Waals surface area contributed by atoms with Gasteiger partial charge >= 0.3 is 5.97 Å². The second kappa shape index (κ2) is 8.30. The molecule has 0 spiro atoms. The van der Waals surface area contributed by atoms with E-state index in [9.17, 15) is 14.4 Å². The third-order valence-electron chi connectivity index (χ3n) is 4.30. The first kappa shape index (κ1) is 19.5. The van der Waals surface area contributed by atoms with Gasteiger partial charge in [-0.05, 0) is 43.3 Å². The maximum absolute atomic E-state index is 12.3. The van der Waals surface area contributed by atoms with Crippen LogP contribution in [0.15, 0.2) is 71.7 Å². The van der Waals surface area contributed by atoms with Crippen molar-refractivity contribution in [3.8, 4) is 0 Å². The molecule has 150 valence electrons. The van der Waals surface area contributed by atoms with Gasteiger partial charge in [0.1, 0.15) is 6.61 Å². The van der Waals surface area contributed by atoms with Gasteiger partial charge in [0.05, 0.1) is 11.3 Å². The summed E-state index contributed by atoms with van der Waals surface area (Å²) in [4.78, 5) is 42.5. The summed E-state index contributed by atoms with van der Waals surface area (Å²) in [6, 6.07) is 16.6. The number of carbonyl (C=O) groups is 2. The molecule has 0 saturated heterocycles. The van der Waals surface area contributed by atoms with Gasteiger partial charge in [0.2, 0.25) is 0 Å². The van der Waals surface area contributed by atoms with Gasteiger partial charge in [-0.15, -0.1) is 11.3 Å². The molecule has 0 unspecified atom stereocenters. The first-order chi connectivity index (χ1) is 14.5. The number of nitrogens with one attached hydrogen (secondary N) is 1. The highest BCUT2D eigenvalue weighted by molar-refractivity contribution is 7.16. The molecular weight excluding hydrogens is 402 g/mol. The second-order valence-electron chi connectivity index (χ2n) is 6.55. The lowest BCUT2D eigenvalue weighted by Gasteiger charge is -2.07. The number of fused-ring (bicyclic) bond motifs is 1. The highest BCUT2D eigenvalue weighted by atomic mass is 32.1. The molecule has 2 heterocycles. The number of aromatic nitrogens is 2. The van der Waals surface area contributed by atoms with Gasteiger partial charge in [0.15, 0.2) is 4.96 Å². The molecule has 4 rings (SSSR count). The van der Waals surface area contributed by atoms with Crippen LogP contribution in [0.25, 0.3) is 4.96 Å². The third-order valence-corrected chi connectivity index (χ3v) is 5.20. The van der Waals surface area contributed by atoms with Crippen LogP contribution in [-0.2, 0) is 11.3 Å². The normalized spacial score (nSPS) is 10.7. The van der Waals surface area contributed by atoms with E-state index in [2.05, 4.69) is 10.3 Å². The van der Waals surface area contributed by atoms with Crippen molar-refractivity contribution in [2.24, 2.45) is 0 Å². The SMILES string of the molecule is Cc1cn2c(=O)cc(COC(=O)c3ccc(NC(=O)c4ccccc4)cc3)nc2s1. The molecule has 1 N–H and O–H groups in total. The van der Waals surface area contributed by atoms with E-state index in [1.807, 2.05) is 13.0 Å². The lowest BCUT2D eigenvalue weighted by molar-refractivity contribution is 0.0467. The standard InChI is InChI=1S/C22H17N3O4S/c1-14-12-25-19(26)11-18(24-22(25)30-14)13-29-21(28)16-7-9-17(10-8-16)23-20(27)15-5-3-2-4-6-15/h2-12H,13H2,1H3,(H,23,27). The molecule has 7 nitrogen and oxygen atoms in total. The minimum absolute atomic E-state index is 0.103. The van der Waals surface area contributed by atoms with E-state index in [0.717, 1.165) is 4.88 Å². The second-order valence-corrected chi connectivity index (χ2v) is 7.77.